The average Bonchev–Trinajstić information content (AvgIpc) is 3.18. The second-order valence-electron chi connectivity index (χ2n) is 6.35. The van der Waals surface area contributed by atoms with E-state index in [-0.39, 0.29) is 0 Å². The van der Waals surface area contributed by atoms with Crippen molar-refractivity contribution < 1.29 is 9.13 Å². The lowest BCUT2D eigenvalue weighted by Crippen LogP contribution is -2.36. The maximum absolute atomic E-state index is 14.5. The molecule has 0 saturated carbocycles. The Labute approximate surface area is 159 Å². The molecule has 8 nitrogen and oxygen atoms in total. The molecule has 0 spiro atoms. The van der Waals surface area contributed by atoms with Gasteiger partial charge in [-0.25, -0.2) is 14.4 Å². The van der Waals surface area contributed by atoms with Crippen molar-refractivity contribution in [3.05, 3.63) is 48.8 Å². The van der Waals surface area contributed by atoms with Crippen molar-refractivity contribution in [3.63, 3.8) is 0 Å². The highest BCUT2D eigenvalue weighted by atomic mass is 19.1. The zero-order chi connectivity index (χ0) is 18.9. The number of hydrogen-bond donors (Lipinski definition) is 1. The Morgan fingerprint density at radius 3 is 2.61 bits per heavy atom. The van der Waals surface area contributed by atoms with E-state index in [1.54, 1.807) is 24.5 Å². The van der Waals surface area contributed by atoms with Crippen molar-refractivity contribution in [1.82, 2.24) is 29.9 Å². The molecule has 4 aromatic heterocycles. The fourth-order valence-corrected chi connectivity index (χ4v) is 3.21. The van der Waals surface area contributed by atoms with E-state index in [9.17, 15) is 4.39 Å². The van der Waals surface area contributed by atoms with Crippen LogP contribution in [0.5, 0.6) is 0 Å². The Morgan fingerprint density at radius 2 is 1.82 bits per heavy atom. The molecule has 1 aliphatic heterocycles. The van der Waals surface area contributed by atoms with E-state index in [0.717, 1.165) is 24.8 Å². The number of nitrogens with one attached hydrogen (secondary N) is 1. The van der Waals surface area contributed by atoms with Gasteiger partial charge in [-0.15, -0.1) is 0 Å². The summed E-state index contributed by atoms with van der Waals surface area (Å²) in [4.78, 5) is 27.2. The maximum Gasteiger partial charge on any atom is 0.206 e. The summed E-state index contributed by atoms with van der Waals surface area (Å²) in [6.07, 6.45) is 6.05. The molecule has 1 saturated heterocycles. The molecule has 0 unspecified atom stereocenters. The zero-order valence-corrected chi connectivity index (χ0v) is 14.8. The van der Waals surface area contributed by atoms with Gasteiger partial charge in [0, 0.05) is 42.8 Å². The minimum Gasteiger partial charge on any atom is -0.378 e. The number of imidazole rings is 1. The molecule has 1 aliphatic rings. The van der Waals surface area contributed by atoms with Crippen molar-refractivity contribution in [2.75, 3.05) is 31.2 Å². The third kappa shape index (κ3) is 2.95. The Hall–Kier alpha value is -3.46. The third-order valence-electron chi connectivity index (χ3n) is 4.59. The molecule has 1 N–H and O–H groups in total. The number of aromatic amines is 1. The monoisotopic (exact) mass is 377 g/mol. The fourth-order valence-electron chi connectivity index (χ4n) is 3.21. The molecule has 1 fully saturated rings. The average molecular weight is 377 g/mol. The standard InChI is InChI=1S/C19H16FN7O/c20-14-11-22-5-3-13(14)16-15(12-2-1-4-21-10-12)23-17-18(24-16)26-19(25-17)27-6-8-28-9-7-27/h1-5,10-11H,6-9H2,(H,23,24,25,26). The van der Waals surface area contributed by atoms with Crippen LogP contribution in [0.25, 0.3) is 33.8 Å². The SMILES string of the molecule is Fc1cnccc1-c1nc2nc(N3CCOCC3)[nH]c2nc1-c1cccnc1. The molecule has 0 radical (unpaired) electrons. The van der Waals surface area contributed by atoms with E-state index in [0.29, 0.717) is 47.4 Å². The van der Waals surface area contributed by atoms with Crippen molar-refractivity contribution in [3.8, 4) is 22.5 Å². The van der Waals surface area contributed by atoms with Crippen LogP contribution in [0.4, 0.5) is 10.3 Å². The van der Waals surface area contributed by atoms with E-state index < -0.39 is 5.82 Å². The molecular formula is C19H16FN7O. The molecule has 28 heavy (non-hydrogen) atoms. The summed E-state index contributed by atoms with van der Waals surface area (Å²) in [6, 6.07) is 5.26. The summed E-state index contributed by atoms with van der Waals surface area (Å²) in [5.74, 6) is 0.216. The number of halogens is 1. The van der Waals surface area contributed by atoms with Gasteiger partial charge in [-0.1, -0.05) is 0 Å². The highest BCUT2D eigenvalue weighted by molar-refractivity contribution is 5.84. The number of H-pyrrole nitrogens is 1. The molecule has 0 amide bonds. The Bertz CT molecular complexity index is 1130. The van der Waals surface area contributed by atoms with Crippen molar-refractivity contribution in [1.29, 1.82) is 0 Å². The highest BCUT2D eigenvalue weighted by Crippen LogP contribution is 2.31. The first-order chi connectivity index (χ1) is 13.8. The lowest BCUT2D eigenvalue weighted by molar-refractivity contribution is 0.122. The van der Waals surface area contributed by atoms with Gasteiger partial charge in [-0.3, -0.25) is 9.97 Å². The second kappa shape index (κ2) is 6.93. The first-order valence-electron chi connectivity index (χ1n) is 8.90. The van der Waals surface area contributed by atoms with Crippen molar-refractivity contribution in [2.24, 2.45) is 0 Å². The Kier molecular flexibility index (Phi) is 4.13. The van der Waals surface area contributed by atoms with Gasteiger partial charge in [0.1, 0.15) is 11.4 Å². The molecule has 0 atom stereocenters. The summed E-state index contributed by atoms with van der Waals surface area (Å²) in [5.41, 5.74) is 2.96. The number of ether oxygens (including phenoxy) is 1. The van der Waals surface area contributed by atoms with Gasteiger partial charge in [0.15, 0.2) is 17.1 Å². The summed E-state index contributed by atoms with van der Waals surface area (Å²) in [6.45, 7) is 2.76. The topological polar surface area (TPSA) is 92.7 Å². The number of rotatable bonds is 3. The van der Waals surface area contributed by atoms with Gasteiger partial charge in [0.25, 0.3) is 0 Å². The largest absolute Gasteiger partial charge is 0.378 e. The summed E-state index contributed by atoms with van der Waals surface area (Å²) >= 11 is 0. The molecule has 0 aliphatic carbocycles. The molecule has 0 aromatic carbocycles. The number of aromatic nitrogens is 6. The van der Waals surface area contributed by atoms with E-state index in [1.807, 2.05) is 6.07 Å². The third-order valence-corrected chi connectivity index (χ3v) is 4.59. The molecular weight excluding hydrogens is 361 g/mol. The smallest absolute Gasteiger partial charge is 0.206 e. The van der Waals surface area contributed by atoms with E-state index >= 15 is 0 Å². The summed E-state index contributed by atoms with van der Waals surface area (Å²) in [7, 11) is 0. The molecule has 5 rings (SSSR count). The van der Waals surface area contributed by atoms with Gasteiger partial charge in [-0.05, 0) is 18.2 Å². The van der Waals surface area contributed by atoms with Crippen LogP contribution in [0.3, 0.4) is 0 Å². The number of morpholine rings is 1. The number of anilines is 1. The van der Waals surface area contributed by atoms with E-state index in [1.165, 1.54) is 6.20 Å². The normalized spacial score (nSPS) is 14.5. The van der Waals surface area contributed by atoms with Crippen LogP contribution in [0, 0.1) is 5.82 Å². The van der Waals surface area contributed by atoms with Gasteiger partial charge in [0.05, 0.1) is 19.4 Å². The van der Waals surface area contributed by atoms with Crippen LogP contribution >= 0.6 is 0 Å². The molecule has 0 bridgehead atoms. The van der Waals surface area contributed by atoms with E-state index in [4.69, 9.17) is 9.72 Å². The van der Waals surface area contributed by atoms with Crippen LogP contribution < -0.4 is 4.90 Å². The Morgan fingerprint density at radius 1 is 0.964 bits per heavy atom. The van der Waals surface area contributed by atoms with Gasteiger partial charge >= 0.3 is 0 Å². The van der Waals surface area contributed by atoms with Gasteiger partial charge in [-0.2, -0.15) is 4.98 Å². The van der Waals surface area contributed by atoms with Crippen LogP contribution in [0.15, 0.2) is 43.0 Å². The van der Waals surface area contributed by atoms with E-state index in [2.05, 4.69) is 29.8 Å². The number of hydrogen-bond acceptors (Lipinski definition) is 7. The summed E-state index contributed by atoms with van der Waals surface area (Å²) < 4.78 is 19.9. The van der Waals surface area contributed by atoms with Gasteiger partial charge in [0.2, 0.25) is 5.95 Å². The molecule has 4 aromatic rings. The van der Waals surface area contributed by atoms with Crippen molar-refractivity contribution >= 4 is 17.2 Å². The lowest BCUT2D eigenvalue weighted by atomic mass is 10.1. The van der Waals surface area contributed by atoms with Crippen LogP contribution in [0.2, 0.25) is 0 Å². The predicted molar refractivity (Wildman–Crippen MR) is 101 cm³/mol. The first-order valence-corrected chi connectivity index (χ1v) is 8.90. The first kappa shape index (κ1) is 16.7. The molecule has 140 valence electrons. The van der Waals surface area contributed by atoms with Crippen LogP contribution in [-0.4, -0.2) is 56.2 Å². The van der Waals surface area contributed by atoms with Crippen LogP contribution in [0.1, 0.15) is 0 Å². The zero-order valence-electron chi connectivity index (χ0n) is 14.8. The number of fused-ring (bicyclic) bond motifs is 1. The summed E-state index contributed by atoms with van der Waals surface area (Å²) in [5, 5.41) is 0. The lowest BCUT2D eigenvalue weighted by Gasteiger charge is -2.25. The number of pyridine rings is 2. The minimum absolute atomic E-state index is 0.319. The van der Waals surface area contributed by atoms with Gasteiger partial charge < -0.3 is 14.6 Å². The molecule has 9 heteroatoms. The predicted octanol–water partition coefficient (Wildman–Crippen LogP) is 2.45. The maximum atomic E-state index is 14.5. The molecule has 5 heterocycles. The van der Waals surface area contributed by atoms with Crippen LogP contribution in [-0.2, 0) is 4.74 Å². The Balaban J connectivity index is 1.70. The fraction of sp³-hybridized carbons (Fsp3) is 0.211. The quantitative estimate of drug-likeness (QED) is 0.586. The minimum atomic E-state index is -0.467. The second-order valence-corrected chi connectivity index (χ2v) is 6.35. The van der Waals surface area contributed by atoms with Crippen molar-refractivity contribution in [2.45, 2.75) is 0 Å². The highest BCUT2D eigenvalue weighted by Gasteiger charge is 2.20. The number of nitrogens with zero attached hydrogens (tertiary/aromatic N) is 6.